The number of furan rings is 1. The van der Waals surface area contributed by atoms with E-state index in [4.69, 9.17) is 4.42 Å². The SMILES string of the molecule is Cc1cc(C(=O)NNC(=O)NCc2ccc(-n3ccnc3)nc2)c(C)o1. The molecule has 0 atom stereocenters. The first-order valence-corrected chi connectivity index (χ1v) is 7.87. The lowest BCUT2D eigenvalue weighted by molar-refractivity contribution is 0.0934. The Morgan fingerprint density at radius 1 is 1.23 bits per heavy atom. The molecule has 9 nitrogen and oxygen atoms in total. The topological polar surface area (TPSA) is 114 Å². The summed E-state index contributed by atoms with van der Waals surface area (Å²) in [6, 6.07) is 4.74. The van der Waals surface area contributed by atoms with Gasteiger partial charge in [0.1, 0.15) is 23.7 Å². The summed E-state index contributed by atoms with van der Waals surface area (Å²) < 4.78 is 7.06. The number of carbonyl (C=O) groups is 2. The highest BCUT2D eigenvalue weighted by Crippen LogP contribution is 2.12. The second-order valence-electron chi connectivity index (χ2n) is 5.58. The molecule has 3 amide bonds. The van der Waals surface area contributed by atoms with E-state index in [1.807, 2.05) is 12.1 Å². The van der Waals surface area contributed by atoms with Gasteiger partial charge < -0.3 is 9.73 Å². The van der Waals surface area contributed by atoms with Crippen molar-refractivity contribution in [3.8, 4) is 5.82 Å². The fourth-order valence-corrected chi connectivity index (χ4v) is 2.33. The van der Waals surface area contributed by atoms with Gasteiger partial charge in [0.15, 0.2) is 0 Å². The van der Waals surface area contributed by atoms with Gasteiger partial charge in [-0.25, -0.2) is 20.2 Å². The van der Waals surface area contributed by atoms with Crippen molar-refractivity contribution in [2.24, 2.45) is 0 Å². The lowest BCUT2D eigenvalue weighted by atomic mass is 10.2. The molecule has 3 rings (SSSR count). The Balaban J connectivity index is 1.46. The average molecular weight is 354 g/mol. The molecule has 0 aliphatic rings. The van der Waals surface area contributed by atoms with Gasteiger partial charge in [-0.3, -0.25) is 14.8 Å². The van der Waals surface area contributed by atoms with E-state index in [0.29, 0.717) is 17.1 Å². The molecule has 3 aromatic heterocycles. The number of imidazole rings is 1. The van der Waals surface area contributed by atoms with Crippen molar-refractivity contribution in [3.63, 3.8) is 0 Å². The molecule has 0 fully saturated rings. The standard InChI is InChI=1S/C17H18N6O3/c1-11-7-14(12(2)26-11)16(24)21-22-17(25)20-9-13-3-4-15(19-8-13)23-6-5-18-10-23/h3-8,10H,9H2,1-2H3,(H,21,24)(H2,20,22,25). The second-order valence-corrected chi connectivity index (χ2v) is 5.58. The molecule has 3 aromatic rings. The Kier molecular flexibility index (Phi) is 4.97. The van der Waals surface area contributed by atoms with Crippen molar-refractivity contribution in [1.29, 1.82) is 0 Å². The molecular formula is C17H18N6O3. The summed E-state index contributed by atoms with van der Waals surface area (Å²) in [5.41, 5.74) is 5.82. The number of carbonyl (C=O) groups excluding carboxylic acids is 2. The van der Waals surface area contributed by atoms with Crippen LogP contribution >= 0.6 is 0 Å². The van der Waals surface area contributed by atoms with Crippen LogP contribution in [-0.2, 0) is 6.54 Å². The smallest absolute Gasteiger partial charge is 0.333 e. The van der Waals surface area contributed by atoms with Gasteiger partial charge >= 0.3 is 6.03 Å². The Morgan fingerprint density at radius 3 is 2.69 bits per heavy atom. The maximum absolute atomic E-state index is 12.0. The Hall–Kier alpha value is -3.62. The summed E-state index contributed by atoms with van der Waals surface area (Å²) >= 11 is 0. The van der Waals surface area contributed by atoms with E-state index in [1.165, 1.54) is 0 Å². The molecule has 3 N–H and O–H groups in total. The summed E-state index contributed by atoms with van der Waals surface area (Å²) in [5.74, 6) is 1.41. The van der Waals surface area contributed by atoms with Gasteiger partial charge in [-0.05, 0) is 31.5 Å². The third kappa shape index (κ3) is 4.07. The van der Waals surface area contributed by atoms with Crippen LogP contribution in [0.15, 0.2) is 47.5 Å². The number of rotatable bonds is 4. The van der Waals surface area contributed by atoms with Crippen LogP contribution in [-0.4, -0.2) is 26.5 Å². The summed E-state index contributed by atoms with van der Waals surface area (Å²) in [5, 5.41) is 2.63. The van der Waals surface area contributed by atoms with Gasteiger partial charge in [-0.2, -0.15) is 0 Å². The molecule has 0 aliphatic carbocycles. The quantitative estimate of drug-likeness (QED) is 0.616. The van der Waals surface area contributed by atoms with Crippen molar-refractivity contribution in [3.05, 3.63) is 65.8 Å². The maximum Gasteiger partial charge on any atom is 0.333 e. The van der Waals surface area contributed by atoms with Crippen LogP contribution in [0.2, 0.25) is 0 Å². The van der Waals surface area contributed by atoms with Crippen LogP contribution in [0.25, 0.3) is 5.82 Å². The fraction of sp³-hybridized carbons (Fsp3) is 0.176. The summed E-state index contributed by atoms with van der Waals surface area (Å²) in [6.07, 6.45) is 6.77. The number of hydrogen-bond acceptors (Lipinski definition) is 5. The average Bonchev–Trinajstić information content (AvgIpc) is 3.28. The molecule has 0 bridgehead atoms. The van der Waals surface area contributed by atoms with Gasteiger partial charge in [0, 0.05) is 25.1 Å². The van der Waals surface area contributed by atoms with Crippen molar-refractivity contribution in [2.45, 2.75) is 20.4 Å². The number of hydrogen-bond donors (Lipinski definition) is 3. The van der Waals surface area contributed by atoms with Gasteiger partial charge in [0.05, 0.1) is 5.56 Å². The normalized spacial score (nSPS) is 10.4. The van der Waals surface area contributed by atoms with Crippen molar-refractivity contribution < 1.29 is 14.0 Å². The van der Waals surface area contributed by atoms with E-state index in [1.54, 1.807) is 49.4 Å². The maximum atomic E-state index is 12.0. The van der Waals surface area contributed by atoms with Crippen LogP contribution in [0.1, 0.15) is 27.4 Å². The molecule has 0 unspecified atom stereocenters. The molecule has 0 spiro atoms. The Morgan fingerprint density at radius 2 is 2.08 bits per heavy atom. The molecule has 9 heteroatoms. The zero-order valence-electron chi connectivity index (χ0n) is 14.3. The Labute approximate surface area is 149 Å². The monoisotopic (exact) mass is 354 g/mol. The van der Waals surface area contributed by atoms with Gasteiger partial charge in [0.25, 0.3) is 5.91 Å². The second kappa shape index (κ2) is 7.51. The molecule has 0 radical (unpaired) electrons. The number of amides is 3. The van der Waals surface area contributed by atoms with Crippen molar-refractivity contribution in [2.75, 3.05) is 0 Å². The number of urea groups is 1. The van der Waals surface area contributed by atoms with E-state index < -0.39 is 11.9 Å². The number of hydrazine groups is 1. The highest BCUT2D eigenvalue weighted by molar-refractivity contribution is 5.96. The molecule has 134 valence electrons. The number of aromatic nitrogens is 3. The minimum atomic E-state index is -0.532. The molecule has 3 heterocycles. The lowest BCUT2D eigenvalue weighted by Gasteiger charge is -2.09. The zero-order valence-corrected chi connectivity index (χ0v) is 14.3. The first kappa shape index (κ1) is 17.2. The van der Waals surface area contributed by atoms with Gasteiger partial charge in [-0.15, -0.1) is 0 Å². The summed E-state index contributed by atoms with van der Waals surface area (Å²) in [4.78, 5) is 32.0. The predicted octanol–water partition coefficient (Wildman–Crippen LogP) is 1.62. The highest BCUT2D eigenvalue weighted by atomic mass is 16.3. The highest BCUT2D eigenvalue weighted by Gasteiger charge is 2.13. The van der Waals surface area contributed by atoms with E-state index in [2.05, 4.69) is 26.1 Å². The number of nitrogens with zero attached hydrogens (tertiary/aromatic N) is 3. The van der Waals surface area contributed by atoms with Gasteiger partial charge in [0.2, 0.25) is 0 Å². The van der Waals surface area contributed by atoms with Crippen LogP contribution in [0.4, 0.5) is 4.79 Å². The number of aryl methyl sites for hydroxylation is 2. The molecule has 0 aliphatic heterocycles. The van der Waals surface area contributed by atoms with E-state index >= 15 is 0 Å². The van der Waals surface area contributed by atoms with Crippen LogP contribution in [0, 0.1) is 13.8 Å². The zero-order chi connectivity index (χ0) is 18.5. The fourth-order valence-electron chi connectivity index (χ4n) is 2.33. The molecule has 0 aromatic carbocycles. The predicted molar refractivity (Wildman–Crippen MR) is 92.4 cm³/mol. The third-order valence-electron chi connectivity index (χ3n) is 3.61. The van der Waals surface area contributed by atoms with Crippen LogP contribution in [0.3, 0.4) is 0 Å². The van der Waals surface area contributed by atoms with Gasteiger partial charge in [-0.1, -0.05) is 6.07 Å². The van der Waals surface area contributed by atoms with Crippen LogP contribution < -0.4 is 16.2 Å². The van der Waals surface area contributed by atoms with E-state index in [9.17, 15) is 9.59 Å². The largest absolute Gasteiger partial charge is 0.466 e. The minimum absolute atomic E-state index is 0.267. The van der Waals surface area contributed by atoms with Crippen LogP contribution in [0.5, 0.6) is 0 Å². The first-order chi connectivity index (χ1) is 12.5. The number of nitrogens with one attached hydrogen (secondary N) is 3. The third-order valence-corrected chi connectivity index (χ3v) is 3.61. The minimum Gasteiger partial charge on any atom is -0.466 e. The first-order valence-electron chi connectivity index (χ1n) is 7.87. The van der Waals surface area contributed by atoms with Crippen molar-refractivity contribution in [1.82, 2.24) is 30.7 Å². The van der Waals surface area contributed by atoms with Crippen molar-refractivity contribution >= 4 is 11.9 Å². The molecule has 0 saturated carbocycles. The molecule has 0 saturated heterocycles. The van der Waals surface area contributed by atoms with E-state index in [-0.39, 0.29) is 6.54 Å². The summed E-state index contributed by atoms with van der Waals surface area (Å²) in [7, 11) is 0. The number of pyridine rings is 1. The molecular weight excluding hydrogens is 336 g/mol. The lowest BCUT2D eigenvalue weighted by Crippen LogP contribution is -2.46. The summed E-state index contributed by atoms with van der Waals surface area (Å²) in [6.45, 7) is 3.70. The van der Waals surface area contributed by atoms with E-state index in [0.717, 1.165) is 11.4 Å². The molecule has 26 heavy (non-hydrogen) atoms. The Bertz CT molecular complexity index is 899.